The number of hydrogen-bond donors (Lipinski definition) is 1. The quantitative estimate of drug-likeness (QED) is 0.749. The van der Waals surface area contributed by atoms with Gasteiger partial charge < -0.3 is 9.88 Å². The SMILES string of the molecule is Cn1ccnc1CNC(=O)C[C@@H](c1ccccc1)c1ccccc1F. The highest BCUT2D eigenvalue weighted by molar-refractivity contribution is 5.77. The Hall–Kier alpha value is -2.95. The number of imidazole rings is 1. The molecule has 5 heteroatoms. The predicted molar refractivity (Wildman–Crippen MR) is 94.4 cm³/mol. The van der Waals surface area contributed by atoms with Gasteiger partial charge in [-0.25, -0.2) is 9.37 Å². The van der Waals surface area contributed by atoms with E-state index >= 15 is 0 Å². The van der Waals surface area contributed by atoms with Gasteiger partial charge >= 0.3 is 0 Å². The Bertz CT molecular complexity index is 845. The van der Waals surface area contributed by atoms with Crippen LogP contribution in [0.2, 0.25) is 0 Å². The van der Waals surface area contributed by atoms with Crippen LogP contribution >= 0.6 is 0 Å². The maximum absolute atomic E-state index is 14.3. The Morgan fingerprint density at radius 1 is 1.16 bits per heavy atom. The summed E-state index contributed by atoms with van der Waals surface area (Å²) in [7, 11) is 1.88. The number of halogens is 1. The van der Waals surface area contributed by atoms with Crippen LogP contribution in [0.15, 0.2) is 67.0 Å². The minimum Gasteiger partial charge on any atom is -0.349 e. The molecule has 1 N–H and O–H groups in total. The van der Waals surface area contributed by atoms with Gasteiger partial charge in [-0.2, -0.15) is 0 Å². The number of nitrogens with zero attached hydrogens (tertiary/aromatic N) is 2. The molecule has 0 aliphatic carbocycles. The zero-order valence-electron chi connectivity index (χ0n) is 14.0. The maximum atomic E-state index is 14.3. The molecule has 1 heterocycles. The summed E-state index contributed by atoms with van der Waals surface area (Å²) in [6.07, 6.45) is 3.69. The molecule has 1 amide bonds. The molecule has 3 aromatic rings. The van der Waals surface area contributed by atoms with Gasteiger partial charge in [-0.05, 0) is 17.2 Å². The average Bonchev–Trinajstić information content (AvgIpc) is 3.04. The lowest BCUT2D eigenvalue weighted by Crippen LogP contribution is -2.26. The molecule has 0 bridgehead atoms. The van der Waals surface area contributed by atoms with Gasteiger partial charge in [0.2, 0.25) is 5.91 Å². The van der Waals surface area contributed by atoms with Gasteiger partial charge in [0.05, 0.1) is 6.54 Å². The molecule has 0 saturated carbocycles. The zero-order chi connectivity index (χ0) is 17.6. The normalized spacial score (nSPS) is 11.9. The molecule has 25 heavy (non-hydrogen) atoms. The summed E-state index contributed by atoms with van der Waals surface area (Å²) in [6.45, 7) is 0.348. The molecule has 0 radical (unpaired) electrons. The standard InChI is InChI=1S/C20H20FN3O/c1-24-12-11-22-19(24)14-23-20(25)13-17(15-7-3-2-4-8-15)16-9-5-6-10-18(16)21/h2-12,17H,13-14H2,1H3,(H,23,25)/t17-/m0/s1. The Morgan fingerprint density at radius 2 is 1.88 bits per heavy atom. The van der Waals surface area contributed by atoms with Crippen molar-refractivity contribution in [1.82, 2.24) is 14.9 Å². The van der Waals surface area contributed by atoms with Gasteiger partial charge in [0.25, 0.3) is 0 Å². The highest BCUT2D eigenvalue weighted by atomic mass is 19.1. The second-order valence-electron chi connectivity index (χ2n) is 5.92. The minimum absolute atomic E-state index is 0.139. The third-order valence-corrected chi connectivity index (χ3v) is 4.24. The topological polar surface area (TPSA) is 46.9 Å². The van der Waals surface area contributed by atoms with E-state index in [4.69, 9.17) is 0 Å². The molecule has 0 aliphatic rings. The smallest absolute Gasteiger partial charge is 0.221 e. The Morgan fingerprint density at radius 3 is 2.56 bits per heavy atom. The number of hydrogen-bond acceptors (Lipinski definition) is 2. The van der Waals surface area contributed by atoms with Gasteiger partial charge in [-0.15, -0.1) is 0 Å². The van der Waals surface area contributed by atoms with Gasteiger partial charge in [-0.3, -0.25) is 4.79 Å². The highest BCUT2D eigenvalue weighted by Crippen LogP contribution is 2.29. The third kappa shape index (κ3) is 4.12. The van der Waals surface area contributed by atoms with Crippen molar-refractivity contribution in [2.75, 3.05) is 0 Å². The molecule has 4 nitrogen and oxygen atoms in total. The molecule has 0 spiro atoms. The lowest BCUT2D eigenvalue weighted by molar-refractivity contribution is -0.121. The molecule has 2 aromatic carbocycles. The first-order valence-electron chi connectivity index (χ1n) is 8.17. The lowest BCUT2D eigenvalue weighted by Gasteiger charge is -2.18. The van der Waals surface area contributed by atoms with Crippen LogP contribution in [-0.4, -0.2) is 15.5 Å². The summed E-state index contributed by atoms with van der Waals surface area (Å²) in [5.41, 5.74) is 1.44. The van der Waals surface area contributed by atoms with E-state index in [0.717, 1.165) is 11.4 Å². The number of carbonyl (C=O) groups is 1. The number of aryl methyl sites for hydroxylation is 1. The van der Waals surface area contributed by atoms with Crippen molar-refractivity contribution in [1.29, 1.82) is 0 Å². The molecule has 1 atom stereocenters. The van der Waals surface area contributed by atoms with Gasteiger partial charge in [0.15, 0.2) is 0 Å². The summed E-state index contributed by atoms with van der Waals surface area (Å²) in [5, 5.41) is 2.87. The monoisotopic (exact) mass is 337 g/mol. The van der Waals surface area contributed by atoms with Crippen LogP contribution in [0.3, 0.4) is 0 Å². The first-order valence-corrected chi connectivity index (χ1v) is 8.17. The van der Waals surface area contributed by atoms with Crippen molar-refractivity contribution in [2.45, 2.75) is 18.9 Å². The molecule has 0 unspecified atom stereocenters. The number of nitrogens with one attached hydrogen (secondary N) is 1. The maximum Gasteiger partial charge on any atom is 0.221 e. The van der Waals surface area contributed by atoms with E-state index in [-0.39, 0.29) is 24.1 Å². The van der Waals surface area contributed by atoms with E-state index in [1.54, 1.807) is 24.4 Å². The van der Waals surface area contributed by atoms with Crippen molar-refractivity contribution in [2.24, 2.45) is 7.05 Å². The van der Waals surface area contributed by atoms with Crippen LogP contribution in [0.4, 0.5) is 4.39 Å². The van der Waals surface area contributed by atoms with Crippen LogP contribution in [0.25, 0.3) is 0 Å². The minimum atomic E-state index is -0.330. The van der Waals surface area contributed by atoms with Crippen LogP contribution in [-0.2, 0) is 18.4 Å². The molecule has 0 fully saturated rings. The van der Waals surface area contributed by atoms with E-state index in [0.29, 0.717) is 12.1 Å². The second-order valence-corrected chi connectivity index (χ2v) is 5.92. The predicted octanol–water partition coefficient (Wildman–Crippen LogP) is 3.40. The second kappa shape index (κ2) is 7.75. The first-order chi connectivity index (χ1) is 12.1. The van der Waals surface area contributed by atoms with Crippen LogP contribution in [0.1, 0.15) is 29.3 Å². The van der Waals surface area contributed by atoms with Crippen LogP contribution < -0.4 is 5.32 Å². The summed E-state index contributed by atoms with van der Waals surface area (Å²) in [6, 6.07) is 16.2. The number of aromatic nitrogens is 2. The van der Waals surface area contributed by atoms with E-state index in [1.807, 2.05) is 48.1 Å². The van der Waals surface area contributed by atoms with E-state index in [9.17, 15) is 9.18 Å². The fraction of sp³-hybridized carbons (Fsp3) is 0.200. The first kappa shape index (κ1) is 16.9. The van der Waals surface area contributed by atoms with E-state index < -0.39 is 0 Å². The summed E-state index contributed by atoms with van der Waals surface area (Å²) >= 11 is 0. The van der Waals surface area contributed by atoms with Gasteiger partial charge in [0.1, 0.15) is 11.6 Å². The van der Waals surface area contributed by atoms with Crippen molar-refractivity contribution >= 4 is 5.91 Å². The molecule has 0 aliphatic heterocycles. The van der Waals surface area contributed by atoms with Crippen molar-refractivity contribution < 1.29 is 9.18 Å². The lowest BCUT2D eigenvalue weighted by atomic mass is 9.88. The van der Waals surface area contributed by atoms with Crippen molar-refractivity contribution in [3.05, 3.63) is 89.8 Å². The molecule has 128 valence electrons. The number of rotatable bonds is 6. The molecule has 3 rings (SSSR count). The summed E-state index contributed by atoms with van der Waals surface area (Å²) in [4.78, 5) is 16.6. The van der Waals surface area contributed by atoms with E-state index in [1.165, 1.54) is 6.07 Å². The van der Waals surface area contributed by atoms with Crippen molar-refractivity contribution in [3.8, 4) is 0 Å². The van der Waals surface area contributed by atoms with Gasteiger partial charge in [0, 0.05) is 31.8 Å². The zero-order valence-corrected chi connectivity index (χ0v) is 14.0. The van der Waals surface area contributed by atoms with Crippen LogP contribution in [0, 0.1) is 5.82 Å². The fourth-order valence-electron chi connectivity index (χ4n) is 2.85. The van der Waals surface area contributed by atoms with Crippen molar-refractivity contribution in [3.63, 3.8) is 0 Å². The fourth-order valence-corrected chi connectivity index (χ4v) is 2.85. The number of amides is 1. The molecule has 1 aromatic heterocycles. The summed E-state index contributed by atoms with van der Waals surface area (Å²) < 4.78 is 16.1. The number of benzene rings is 2. The molecule has 0 saturated heterocycles. The highest BCUT2D eigenvalue weighted by Gasteiger charge is 2.21. The van der Waals surface area contributed by atoms with Gasteiger partial charge in [-0.1, -0.05) is 48.5 Å². The number of carbonyl (C=O) groups excluding carboxylic acids is 1. The third-order valence-electron chi connectivity index (χ3n) is 4.24. The Kier molecular flexibility index (Phi) is 5.23. The van der Waals surface area contributed by atoms with E-state index in [2.05, 4.69) is 10.3 Å². The molecular formula is C20H20FN3O. The molecular weight excluding hydrogens is 317 g/mol. The summed E-state index contributed by atoms with van der Waals surface area (Å²) in [5.74, 6) is 0.00707. The largest absolute Gasteiger partial charge is 0.349 e. The average molecular weight is 337 g/mol. The Labute approximate surface area is 146 Å². The van der Waals surface area contributed by atoms with Crippen LogP contribution in [0.5, 0.6) is 0 Å². The Balaban J connectivity index is 1.77.